The van der Waals surface area contributed by atoms with E-state index in [4.69, 9.17) is 32.7 Å². The van der Waals surface area contributed by atoms with Gasteiger partial charge in [-0.3, -0.25) is 0 Å². The molecule has 0 amide bonds. The van der Waals surface area contributed by atoms with Crippen LogP contribution in [0.15, 0.2) is 17.0 Å². The molecule has 0 unspecified atom stereocenters. The van der Waals surface area contributed by atoms with E-state index in [9.17, 15) is 8.42 Å². The molecular formula is C13H19Cl2N2O4S+. The highest BCUT2D eigenvalue weighted by Crippen LogP contribution is 2.36. The van der Waals surface area contributed by atoms with Gasteiger partial charge < -0.3 is 14.4 Å². The number of quaternary nitrogens is 1. The summed E-state index contributed by atoms with van der Waals surface area (Å²) >= 11 is 12.0. The second-order valence-corrected chi connectivity index (χ2v) is 7.40. The number of morpholine rings is 1. The van der Waals surface area contributed by atoms with E-state index in [1.807, 2.05) is 0 Å². The van der Waals surface area contributed by atoms with Gasteiger partial charge >= 0.3 is 0 Å². The Balaban J connectivity index is 2.02. The highest BCUT2D eigenvalue weighted by molar-refractivity contribution is 7.89. The van der Waals surface area contributed by atoms with Crippen LogP contribution in [0.4, 0.5) is 0 Å². The van der Waals surface area contributed by atoms with Crippen molar-refractivity contribution in [3.63, 3.8) is 0 Å². The Labute approximate surface area is 140 Å². The lowest BCUT2D eigenvalue weighted by atomic mass is 10.3. The zero-order valence-corrected chi connectivity index (χ0v) is 14.5. The van der Waals surface area contributed by atoms with E-state index >= 15 is 0 Å². The normalized spacial score (nSPS) is 16.7. The van der Waals surface area contributed by atoms with Gasteiger partial charge in [0.1, 0.15) is 28.8 Å². The molecular weight excluding hydrogens is 351 g/mol. The number of methoxy groups -OCH3 is 1. The summed E-state index contributed by atoms with van der Waals surface area (Å²) in [5.74, 6) is 0.336. The maximum Gasteiger partial charge on any atom is 0.242 e. The molecule has 0 aliphatic carbocycles. The Morgan fingerprint density at radius 2 is 1.95 bits per heavy atom. The molecule has 0 spiro atoms. The summed E-state index contributed by atoms with van der Waals surface area (Å²) in [5.41, 5.74) is 0. The van der Waals surface area contributed by atoms with Crippen molar-refractivity contribution in [3.8, 4) is 5.75 Å². The summed E-state index contributed by atoms with van der Waals surface area (Å²) in [5, 5.41) is 0.0538. The van der Waals surface area contributed by atoms with Crippen LogP contribution in [0.25, 0.3) is 0 Å². The molecule has 1 saturated heterocycles. The van der Waals surface area contributed by atoms with Crippen molar-refractivity contribution in [3.05, 3.63) is 22.2 Å². The first-order chi connectivity index (χ1) is 10.5. The first-order valence-electron chi connectivity index (χ1n) is 6.88. The Hall–Kier alpha value is -0.570. The van der Waals surface area contributed by atoms with E-state index in [1.54, 1.807) is 0 Å². The fraction of sp³-hybridized carbons (Fsp3) is 0.538. The maximum absolute atomic E-state index is 12.3. The van der Waals surface area contributed by atoms with Gasteiger partial charge in [0.25, 0.3) is 0 Å². The SMILES string of the molecule is COc1ccc(S(=O)(=O)NCC[NH+]2CCOCC2)c(Cl)c1Cl. The van der Waals surface area contributed by atoms with Crippen molar-refractivity contribution in [2.45, 2.75) is 4.90 Å². The Morgan fingerprint density at radius 3 is 2.59 bits per heavy atom. The van der Waals surface area contributed by atoms with Gasteiger partial charge in [-0.05, 0) is 12.1 Å². The molecule has 1 aromatic rings. The van der Waals surface area contributed by atoms with Crippen molar-refractivity contribution in [2.24, 2.45) is 0 Å². The second kappa shape index (κ2) is 7.81. The lowest BCUT2D eigenvalue weighted by Gasteiger charge is -2.23. The van der Waals surface area contributed by atoms with Crippen LogP contribution < -0.4 is 14.4 Å². The van der Waals surface area contributed by atoms with E-state index < -0.39 is 10.0 Å². The van der Waals surface area contributed by atoms with Crippen LogP contribution in [0.3, 0.4) is 0 Å². The highest BCUT2D eigenvalue weighted by Gasteiger charge is 2.22. The Bertz CT molecular complexity index is 619. The van der Waals surface area contributed by atoms with Crippen LogP contribution in [0.2, 0.25) is 10.0 Å². The summed E-state index contributed by atoms with van der Waals surface area (Å²) < 4.78 is 37.5. The molecule has 6 nitrogen and oxygen atoms in total. The van der Waals surface area contributed by atoms with Crippen molar-refractivity contribution in [1.29, 1.82) is 0 Å². The van der Waals surface area contributed by atoms with E-state index in [0.29, 0.717) is 32.1 Å². The lowest BCUT2D eigenvalue weighted by Crippen LogP contribution is -3.14. The van der Waals surface area contributed by atoms with Crippen LogP contribution in [0.1, 0.15) is 0 Å². The average molecular weight is 370 g/mol. The topological polar surface area (TPSA) is 69.1 Å². The molecule has 9 heteroatoms. The van der Waals surface area contributed by atoms with E-state index in [1.165, 1.54) is 24.1 Å². The van der Waals surface area contributed by atoms with Gasteiger partial charge in [0.05, 0.1) is 38.4 Å². The van der Waals surface area contributed by atoms with E-state index in [-0.39, 0.29) is 14.9 Å². The molecule has 0 atom stereocenters. The number of rotatable bonds is 6. The summed E-state index contributed by atoms with van der Waals surface area (Å²) in [7, 11) is -2.27. The van der Waals surface area contributed by atoms with Crippen LogP contribution in [-0.4, -0.2) is 54.9 Å². The first kappa shape index (κ1) is 17.8. The molecule has 2 N–H and O–H groups in total. The molecule has 2 rings (SSSR count). The summed E-state index contributed by atoms with van der Waals surface area (Å²) in [6.45, 7) is 4.22. The third-order valence-electron chi connectivity index (χ3n) is 3.49. The second-order valence-electron chi connectivity index (χ2n) is 4.90. The number of sulfonamides is 1. The standard InChI is InChI=1S/C13H18Cl2N2O4S/c1-20-10-2-3-11(13(15)12(10)14)22(18,19)16-4-5-17-6-8-21-9-7-17/h2-3,16H,4-9H2,1H3/p+1. The Kier molecular flexibility index (Phi) is 6.31. The molecule has 0 saturated carbocycles. The minimum absolute atomic E-state index is 0.0350. The molecule has 0 radical (unpaired) electrons. The first-order valence-corrected chi connectivity index (χ1v) is 9.12. The number of nitrogens with one attached hydrogen (secondary N) is 2. The number of hydrogen-bond donors (Lipinski definition) is 2. The van der Waals surface area contributed by atoms with Gasteiger partial charge in [-0.1, -0.05) is 23.2 Å². The third-order valence-corrected chi connectivity index (χ3v) is 5.97. The quantitative estimate of drug-likeness (QED) is 0.751. The van der Waals surface area contributed by atoms with Crippen molar-refractivity contribution >= 4 is 33.2 Å². The Morgan fingerprint density at radius 1 is 1.27 bits per heavy atom. The van der Waals surface area contributed by atoms with Gasteiger partial charge in [0.15, 0.2) is 0 Å². The predicted octanol–water partition coefficient (Wildman–Crippen LogP) is 0.195. The highest BCUT2D eigenvalue weighted by atomic mass is 35.5. The minimum Gasteiger partial charge on any atom is -0.495 e. The van der Waals surface area contributed by atoms with Gasteiger partial charge in [-0.2, -0.15) is 0 Å². The fourth-order valence-electron chi connectivity index (χ4n) is 2.23. The van der Waals surface area contributed by atoms with Crippen LogP contribution in [0, 0.1) is 0 Å². The van der Waals surface area contributed by atoms with Gasteiger partial charge in [0, 0.05) is 0 Å². The number of benzene rings is 1. The van der Waals surface area contributed by atoms with Crippen molar-refractivity contribution < 1.29 is 22.8 Å². The van der Waals surface area contributed by atoms with Gasteiger partial charge in [-0.25, -0.2) is 13.1 Å². The fourth-order valence-corrected chi connectivity index (χ4v) is 4.10. The number of halogens is 2. The molecule has 1 aliphatic heterocycles. The van der Waals surface area contributed by atoms with Crippen molar-refractivity contribution in [2.75, 3.05) is 46.5 Å². The summed E-state index contributed by atoms with van der Waals surface area (Å²) in [6.07, 6.45) is 0. The summed E-state index contributed by atoms with van der Waals surface area (Å²) in [4.78, 5) is 1.27. The predicted molar refractivity (Wildman–Crippen MR) is 84.6 cm³/mol. The average Bonchev–Trinajstić information content (AvgIpc) is 2.50. The largest absolute Gasteiger partial charge is 0.495 e. The van der Waals surface area contributed by atoms with E-state index in [0.717, 1.165) is 13.1 Å². The molecule has 1 aliphatic rings. The molecule has 1 heterocycles. The molecule has 1 fully saturated rings. The molecule has 22 heavy (non-hydrogen) atoms. The van der Waals surface area contributed by atoms with E-state index in [2.05, 4.69) is 4.72 Å². The van der Waals surface area contributed by atoms with Crippen LogP contribution in [0.5, 0.6) is 5.75 Å². The third kappa shape index (κ3) is 4.24. The maximum atomic E-state index is 12.3. The smallest absolute Gasteiger partial charge is 0.242 e. The molecule has 1 aromatic carbocycles. The zero-order valence-electron chi connectivity index (χ0n) is 12.2. The minimum atomic E-state index is -3.71. The summed E-state index contributed by atoms with van der Waals surface area (Å²) in [6, 6.07) is 2.87. The van der Waals surface area contributed by atoms with Crippen LogP contribution >= 0.6 is 23.2 Å². The molecule has 0 aromatic heterocycles. The monoisotopic (exact) mass is 369 g/mol. The van der Waals surface area contributed by atoms with Gasteiger partial charge in [-0.15, -0.1) is 0 Å². The van der Waals surface area contributed by atoms with Gasteiger partial charge in [0.2, 0.25) is 10.0 Å². The lowest BCUT2D eigenvalue weighted by molar-refractivity contribution is -0.906. The number of hydrogen-bond acceptors (Lipinski definition) is 4. The van der Waals surface area contributed by atoms with Crippen molar-refractivity contribution in [1.82, 2.24) is 4.72 Å². The molecule has 124 valence electrons. The van der Waals surface area contributed by atoms with Crippen LogP contribution in [-0.2, 0) is 14.8 Å². The zero-order chi connectivity index (χ0) is 16.2. The molecule has 0 bridgehead atoms. The number of ether oxygens (including phenoxy) is 2.